The quantitative estimate of drug-likeness (QED) is 0.741. The molecule has 1 aliphatic rings. The average molecular weight is 384 g/mol. The first kappa shape index (κ1) is 19.9. The molecule has 6 heteroatoms. The van der Waals surface area contributed by atoms with Gasteiger partial charge in [-0.2, -0.15) is 0 Å². The second-order valence-electron chi connectivity index (χ2n) is 7.11. The smallest absolute Gasteiger partial charge is 0.263 e. The van der Waals surface area contributed by atoms with Gasteiger partial charge in [-0.3, -0.25) is 9.59 Å². The van der Waals surface area contributed by atoms with Crippen LogP contribution in [0.1, 0.15) is 29.8 Å². The van der Waals surface area contributed by atoms with Crippen molar-refractivity contribution in [3.05, 3.63) is 59.4 Å². The Morgan fingerprint density at radius 2 is 1.68 bits per heavy atom. The largest absolute Gasteiger partial charge is 0.481 e. The number of anilines is 1. The van der Waals surface area contributed by atoms with Crippen molar-refractivity contribution in [3.63, 3.8) is 0 Å². The summed E-state index contributed by atoms with van der Waals surface area (Å²) in [5.41, 5.74) is 1.95. The Bertz CT molecular complexity index is 859. The topological polar surface area (TPSA) is 49.9 Å². The normalized spacial score (nSPS) is 15.3. The molecule has 2 aromatic rings. The number of piperazine rings is 1. The molecule has 1 unspecified atom stereocenters. The third-order valence-electron chi connectivity index (χ3n) is 4.97. The van der Waals surface area contributed by atoms with Gasteiger partial charge in [0.05, 0.1) is 5.69 Å². The summed E-state index contributed by atoms with van der Waals surface area (Å²) in [5, 5.41) is 0. The van der Waals surface area contributed by atoms with Gasteiger partial charge in [-0.05, 0) is 51.1 Å². The van der Waals surface area contributed by atoms with Gasteiger partial charge in [0.25, 0.3) is 5.91 Å². The van der Waals surface area contributed by atoms with Crippen LogP contribution in [0.15, 0.2) is 42.5 Å². The van der Waals surface area contributed by atoms with E-state index in [9.17, 15) is 14.0 Å². The van der Waals surface area contributed by atoms with Crippen LogP contribution in [0.5, 0.6) is 5.75 Å². The summed E-state index contributed by atoms with van der Waals surface area (Å²) in [6.45, 7) is 7.20. The molecular weight excluding hydrogens is 359 g/mol. The molecule has 1 saturated heterocycles. The Morgan fingerprint density at radius 3 is 2.25 bits per heavy atom. The van der Waals surface area contributed by atoms with E-state index >= 15 is 0 Å². The summed E-state index contributed by atoms with van der Waals surface area (Å²) in [6.07, 6.45) is -0.583. The number of ketones is 1. The maximum Gasteiger partial charge on any atom is 0.263 e. The molecular formula is C22H25FN2O3. The molecule has 5 nitrogen and oxygen atoms in total. The molecule has 1 fully saturated rings. The molecule has 0 spiro atoms. The van der Waals surface area contributed by atoms with Crippen LogP contribution in [-0.4, -0.2) is 48.9 Å². The van der Waals surface area contributed by atoms with Gasteiger partial charge in [-0.15, -0.1) is 0 Å². The van der Waals surface area contributed by atoms with E-state index in [0.717, 1.165) is 5.56 Å². The first-order valence-electron chi connectivity index (χ1n) is 9.42. The fourth-order valence-electron chi connectivity index (χ4n) is 3.28. The van der Waals surface area contributed by atoms with Gasteiger partial charge >= 0.3 is 0 Å². The van der Waals surface area contributed by atoms with Crippen LogP contribution in [-0.2, 0) is 4.79 Å². The number of rotatable bonds is 5. The fraction of sp³-hybridized carbons (Fsp3) is 0.364. The Kier molecular flexibility index (Phi) is 5.97. The van der Waals surface area contributed by atoms with E-state index in [1.165, 1.54) is 13.0 Å². The Hall–Kier alpha value is -2.89. The monoisotopic (exact) mass is 384 g/mol. The highest BCUT2D eigenvalue weighted by Crippen LogP contribution is 2.23. The van der Waals surface area contributed by atoms with Crippen LogP contribution >= 0.6 is 0 Å². The number of hydrogen-bond acceptors (Lipinski definition) is 4. The zero-order chi connectivity index (χ0) is 20.3. The summed E-state index contributed by atoms with van der Waals surface area (Å²) in [5.74, 6) is 0.0114. The third kappa shape index (κ3) is 4.50. The number of halogens is 1. The molecule has 1 heterocycles. The van der Waals surface area contributed by atoms with Gasteiger partial charge in [0, 0.05) is 31.7 Å². The van der Waals surface area contributed by atoms with Crippen molar-refractivity contribution >= 4 is 17.4 Å². The zero-order valence-electron chi connectivity index (χ0n) is 16.4. The molecule has 148 valence electrons. The number of benzene rings is 2. The van der Waals surface area contributed by atoms with Crippen LogP contribution in [0.3, 0.4) is 0 Å². The number of ether oxygens (including phenoxy) is 1. The van der Waals surface area contributed by atoms with Gasteiger partial charge in [0.1, 0.15) is 11.6 Å². The van der Waals surface area contributed by atoms with Gasteiger partial charge in [-0.1, -0.05) is 17.7 Å². The van der Waals surface area contributed by atoms with E-state index in [2.05, 4.69) is 0 Å². The van der Waals surface area contributed by atoms with Crippen molar-refractivity contribution in [2.45, 2.75) is 26.9 Å². The van der Waals surface area contributed by atoms with Crippen LogP contribution in [0.2, 0.25) is 0 Å². The summed E-state index contributed by atoms with van der Waals surface area (Å²) >= 11 is 0. The van der Waals surface area contributed by atoms with Crippen molar-refractivity contribution in [1.29, 1.82) is 0 Å². The predicted octanol–water partition coefficient (Wildman–Crippen LogP) is 3.45. The van der Waals surface area contributed by atoms with E-state index in [1.807, 2.05) is 36.1 Å². The van der Waals surface area contributed by atoms with Gasteiger partial charge in [0.2, 0.25) is 0 Å². The highest BCUT2D eigenvalue weighted by atomic mass is 19.1. The number of aryl methyl sites for hydroxylation is 1. The van der Waals surface area contributed by atoms with Crippen LogP contribution in [0.25, 0.3) is 0 Å². The predicted molar refractivity (Wildman–Crippen MR) is 106 cm³/mol. The third-order valence-corrected chi connectivity index (χ3v) is 4.97. The molecule has 1 aliphatic heterocycles. The lowest BCUT2D eigenvalue weighted by Crippen LogP contribution is -2.52. The summed E-state index contributed by atoms with van der Waals surface area (Å²) in [4.78, 5) is 27.7. The van der Waals surface area contributed by atoms with Crippen molar-refractivity contribution < 1.29 is 18.7 Å². The fourth-order valence-corrected chi connectivity index (χ4v) is 3.28. The van der Waals surface area contributed by atoms with E-state index in [0.29, 0.717) is 43.2 Å². The number of nitrogens with zero attached hydrogens (tertiary/aromatic N) is 2. The Morgan fingerprint density at radius 1 is 1.04 bits per heavy atom. The van der Waals surface area contributed by atoms with Crippen LogP contribution < -0.4 is 9.64 Å². The summed E-state index contributed by atoms with van der Waals surface area (Å²) in [7, 11) is 0. The highest BCUT2D eigenvalue weighted by Gasteiger charge is 2.27. The van der Waals surface area contributed by atoms with Gasteiger partial charge < -0.3 is 14.5 Å². The van der Waals surface area contributed by atoms with E-state index < -0.39 is 11.9 Å². The standard InChI is InChI=1S/C22H25FN2O3/c1-15-4-7-19(8-5-15)28-17(3)22(27)25-12-10-24(11-13-25)21-9-6-18(16(2)26)14-20(21)23/h4-9,14,17H,10-13H2,1-3H3. The molecule has 0 saturated carbocycles. The van der Waals surface area contributed by atoms with Crippen molar-refractivity contribution in [1.82, 2.24) is 4.90 Å². The molecule has 0 aromatic heterocycles. The molecule has 2 aromatic carbocycles. The first-order valence-corrected chi connectivity index (χ1v) is 9.42. The van der Waals surface area contributed by atoms with Gasteiger partial charge in [0.15, 0.2) is 11.9 Å². The zero-order valence-corrected chi connectivity index (χ0v) is 16.4. The lowest BCUT2D eigenvalue weighted by molar-refractivity contribution is -0.138. The van der Waals surface area contributed by atoms with Crippen LogP contribution in [0, 0.1) is 12.7 Å². The number of carbonyl (C=O) groups is 2. The second kappa shape index (κ2) is 8.42. The summed E-state index contributed by atoms with van der Waals surface area (Å²) in [6, 6.07) is 12.1. The number of amides is 1. The maximum atomic E-state index is 14.4. The minimum Gasteiger partial charge on any atom is -0.481 e. The maximum absolute atomic E-state index is 14.4. The van der Waals surface area contributed by atoms with Crippen molar-refractivity contribution in [3.8, 4) is 5.75 Å². The Balaban J connectivity index is 1.58. The summed E-state index contributed by atoms with van der Waals surface area (Å²) < 4.78 is 20.1. The molecule has 0 radical (unpaired) electrons. The van der Waals surface area contributed by atoms with E-state index in [-0.39, 0.29) is 11.7 Å². The number of Topliss-reactive ketones (excluding diaryl/α,β-unsaturated/α-hetero) is 1. The van der Waals surface area contributed by atoms with Crippen molar-refractivity contribution in [2.75, 3.05) is 31.1 Å². The molecule has 28 heavy (non-hydrogen) atoms. The Labute approximate surface area is 164 Å². The van der Waals surface area contributed by atoms with Crippen molar-refractivity contribution in [2.24, 2.45) is 0 Å². The molecule has 0 aliphatic carbocycles. The van der Waals surface area contributed by atoms with E-state index in [4.69, 9.17) is 4.74 Å². The number of hydrogen-bond donors (Lipinski definition) is 0. The average Bonchev–Trinajstić information content (AvgIpc) is 2.69. The van der Waals surface area contributed by atoms with E-state index in [1.54, 1.807) is 24.0 Å². The minimum atomic E-state index is -0.583. The molecule has 0 bridgehead atoms. The lowest BCUT2D eigenvalue weighted by atomic mass is 10.1. The van der Waals surface area contributed by atoms with Crippen LogP contribution in [0.4, 0.5) is 10.1 Å². The molecule has 1 atom stereocenters. The second-order valence-corrected chi connectivity index (χ2v) is 7.11. The lowest BCUT2D eigenvalue weighted by Gasteiger charge is -2.37. The molecule has 1 amide bonds. The molecule has 0 N–H and O–H groups in total. The SMILES string of the molecule is CC(=O)c1ccc(N2CCN(C(=O)C(C)Oc3ccc(C)cc3)CC2)c(F)c1. The number of carbonyl (C=O) groups excluding carboxylic acids is 2. The first-order chi connectivity index (χ1) is 13.3. The minimum absolute atomic E-state index is 0.0763. The highest BCUT2D eigenvalue weighted by molar-refractivity contribution is 5.94. The van der Waals surface area contributed by atoms with Gasteiger partial charge in [-0.25, -0.2) is 4.39 Å². The molecule has 3 rings (SSSR count).